The quantitative estimate of drug-likeness (QED) is 0.407. The number of thioether (sulfide) groups is 1. The van der Waals surface area contributed by atoms with E-state index in [1.165, 1.54) is 0 Å². The summed E-state index contributed by atoms with van der Waals surface area (Å²) in [4.78, 5) is 20.0. The smallest absolute Gasteiger partial charge is 0.291 e. The van der Waals surface area contributed by atoms with Crippen LogP contribution >= 0.6 is 23.1 Å². The first kappa shape index (κ1) is 20.0. The number of hydrogen-bond donors (Lipinski definition) is 1. The Balaban J connectivity index is 1.45. The van der Waals surface area contributed by atoms with Crippen molar-refractivity contribution in [1.29, 1.82) is 0 Å². The van der Waals surface area contributed by atoms with Gasteiger partial charge in [0.15, 0.2) is 15.9 Å². The van der Waals surface area contributed by atoms with Crippen molar-refractivity contribution in [3.63, 3.8) is 0 Å². The SMILES string of the molecule is Cc1nnc(SCc2c(C(=O)Nc3cccnc3N3CCCC3)oc3ccccc23)s1. The molecule has 4 aromatic rings. The second kappa shape index (κ2) is 8.68. The van der Waals surface area contributed by atoms with Gasteiger partial charge in [-0.2, -0.15) is 0 Å². The number of aromatic nitrogens is 3. The number of para-hydroxylation sites is 1. The maximum absolute atomic E-state index is 13.3. The number of anilines is 2. The van der Waals surface area contributed by atoms with E-state index in [0.717, 1.165) is 52.0 Å². The van der Waals surface area contributed by atoms with Crippen LogP contribution < -0.4 is 10.2 Å². The maximum atomic E-state index is 13.3. The predicted octanol–water partition coefficient (Wildman–Crippen LogP) is 5.13. The highest BCUT2D eigenvalue weighted by Crippen LogP contribution is 2.34. The Bertz CT molecular complexity index is 1230. The summed E-state index contributed by atoms with van der Waals surface area (Å²) in [6, 6.07) is 11.5. The standard InChI is InChI=1S/C22H21N5O2S2/c1-14-25-26-22(31-14)30-13-16-15-7-2-3-9-18(15)29-19(16)21(28)24-17-8-6-10-23-20(17)27-11-4-5-12-27/h2-3,6-10H,4-5,11-13H2,1H3,(H,24,28). The number of hydrogen-bond acceptors (Lipinski definition) is 8. The average Bonchev–Trinajstić information content (AvgIpc) is 3.53. The molecular formula is C22H21N5O2S2. The maximum Gasteiger partial charge on any atom is 0.291 e. The van der Waals surface area contributed by atoms with E-state index in [1.54, 1.807) is 29.3 Å². The summed E-state index contributed by atoms with van der Waals surface area (Å²) >= 11 is 3.10. The lowest BCUT2D eigenvalue weighted by Gasteiger charge is -2.19. The average molecular weight is 452 g/mol. The lowest BCUT2D eigenvalue weighted by atomic mass is 10.1. The number of nitrogens with zero attached hydrogens (tertiary/aromatic N) is 4. The highest BCUT2D eigenvalue weighted by atomic mass is 32.2. The molecule has 1 aliphatic rings. The predicted molar refractivity (Wildman–Crippen MR) is 124 cm³/mol. The van der Waals surface area contributed by atoms with Crippen molar-refractivity contribution in [3.8, 4) is 0 Å². The van der Waals surface area contributed by atoms with Crippen molar-refractivity contribution in [2.75, 3.05) is 23.3 Å². The molecule has 7 nitrogen and oxygen atoms in total. The molecule has 4 heterocycles. The normalized spacial score (nSPS) is 13.8. The summed E-state index contributed by atoms with van der Waals surface area (Å²) < 4.78 is 6.87. The zero-order chi connectivity index (χ0) is 21.2. The van der Waals surface area contributed by atoms with E-state index in [0.29, 0.717) is 22.8 Å². The molecule has 158 valence electrons. The molecule has 0 spiro atoms. The molecule has 0 unspecified atom stereocenters. The lowest BCUT2D eigenvalue weighted by molar-refractivity contribution is 0.0998. The Morgan fingerprint density at radius 2 is 2.03 bits per heavy atom. The van der Waals surface area contributed by atoms with E-state index in [9.17, 15) is 4.79 Å². The summed E-state index contributed by atoms with van der Waals surface area (Å²) in [5.74, 6) is 1.44. The van der Waals surface area contributed by atoms with Gasteiger partial charge < -0.3 is 14.6 Å². The Morgan fingerprint density at radius 3 is 2.84 bits per heavy atom. The van der Waals surface area contributed by atoms with Crippen LogP contribution in [0.25, 0.3) is 11.0 Å². The second-order valence-corrected chi connectivity index (χ2v) is 9.71. The molecule has 1 aliphatic heterocycles. The Morgan fingerprint density at radius 1 is 1.19 bits per heavy atom. The molecular weight excluding hydrogens is 430 g/mol. The van der Waals surface area contributed by atoms with Gasteiger partial charge in [-0.3, -0.25) is 4.79 Å². The van der Waals surface area contributed by atoms with Gasteiger partial charge in [0, 0.05) is 36.0 Å². The first-order valence-corrected chi connectivity index (χ1v) is 11.9. The van der Waals surface area contributed by atoms with E-state index in [2.05, 4.69) is 25.4 Å². The minimum absolute atomic E-state index is 0.270. The fourth-order valence-corrected chi connectivity index (χ4v) is 5.59. The number of pyridine rings is 1. The van der Waals surface area contributed by atoms with E-state index < -0.39 is 0 Å². The van der Waals surface area contributed by atoms with Gasteiger partial charge in [0.05, 0.1) is 5.69 Å². The zero-order valence-electron chi connectivity index (χ0n) is 17.0. The van der Waals surface area contributed by atoms with Crippen molar-refractivity contribution < 1.29 is 9.21 Å². The number of carbonyl (C=O) groups excluding carboxylic acids is 1. The van der Waals surface area contributed by atoms with E-state index in [-0.39, 0.29) is 5.91 Å². The summed E-state index contributed by atoms with van der Waals surface area (Å²) in [7, 11) is 0. The fourth-order valence-electron chi connectivity index (χ4n) is 3.75. The van der Waals surface area contributed by atoms with Gasteiger partial charge >= 0.3 is 0 Å². The van der Waals surface area contributed by atoms with Crippen LogP contribution in [0.1, 0.15) is 34.0 Å². The molecule has 1 N–H and O–H groups in total. The summed E-state index contributed by atoms with van der Waals surface area (Å²) in [5.41, 5.74) is 2.26. The number of aryl methyl sites for hydroxylation is 1. The molecule has 0 aliphatic carbocycles. The number of amides is 1. The highest BCUT2D eigenvalue weighted by molar-refractivity contribution is 8.00. The van der Waals surface area contributed by atoms with Crippen molar-refractivity contribution in [3.05, 3.63) is 58.9 Å². The number of furan rings is 1. The van der Waals surface area contributed by atoms with E-state index >= 15 is 0 Å². The lowest BCUT2D eigenvalue weighted by Crippen LogP contribution is -2.22. The second-order valence-electron chi connectivity index (χ2n) is 7.30. The van der Waals surface area contributed by atoms with Crippen LogP contribution in [0.2, 0.25) is 0 Å². The number of nitrogens with one attached hydrogen (secondary N) is 1. The minimum Gasteiger partial charge on any atom is -0.451 e. The topological polar surface area (TPSA) is 84.2 Å². The van der Waals surface area contributed by atoms with Crippen LogP contribution in [-0.2, 0) is 5.75 Å². The number of benzene rings is 1. The third-order valence-electron chi connectivity index (χ3n) is 5.19. The molecule has 0 bridgehead atoms. The van der Waals surface area contributed by atoms with Crippen LogP contribution in [0.5, 0.6) is 0 Å². The van der Waals surface area contributed by atoms with E-state index in [4.69, 9.17) is 4.42 Å². The molecule has 1 aromatic carbocycles. The molecule has 0 radical (unpaired) electrons. The molecule has 31 heavy (non-hydrogen) atoms. The van der Waals surface area contributed by atoms with Crippen molar-refractivity contribution in [1.82, 2.24) is 15.2 Å². The first-order valence-electron chi connectivity index (χ1n) is 10.1. The molecule has 0 atom stereocenters. The van der Waals surface area contributed by atoms with Gasteiger partial charge in [0.2, 0.25) is 0 Å². The minimum atomic E-state index is -0.270. The van der Waals surface area contributed by atoms with Crippen molar-refractivity contribution in [2.45, 2.75) is 29.9 Å². The molecule has 0 saturated carbocycles. The summed E-state index contributed by atoms with van der Waals surface area (Å²) in [6.45, 7) is 3.83. The molecule has 5 rings (SSSR count). The molecule has 1 amide bonds. The zero-order valence-corrected chi connectivity index (χ0v) is 18.6. The third kappa shape index (κ3) is 4.15. The Hall–Kier alpha value is -2.91. The van der Waals surface area contributed by atoms with Gasteiger partial charge in [-0.1, -0.05) is 41.3 Å². The molecule has 1 fully saturated rings. The Kier molecular flexibility index (Phi) is 5.61. The van der Waals surface area contributed by atoms with Gasteiger partial charge in [0.25, 0.3) is 5.91 Å². The monoisotopic (exact) mass is 451 g/mol. The highest BCUT2D eigenvalue weighted by Gasteiger charge is 2.24. The van der Waals surface area contributed by atoms with Crippen LogP contribution in [-0.4, -0.2) is 34.2 Å². The van der Waals surface area contributed by atoms with Crippen LogP contribution in [0.3, 0.4) is 0 Å². The number of fused-ring (bicyclic) bond motifs is 1. The molecule has 3 aromatic heterocycles. The van der Waals surface area contributed by atoms with Gasteiger partial charge in [-0.05, 0) is 38.0 Å². The Labute approximate surface area is 187 Å². The van der Waals surface area contributed by atoms with Crippen molar-refractivity contribution >= 4 is 51.5 Å². The van der Waals surface area contributed by atoms with Crippen LogP contribution in [0, 0.1) is 6.92 Å². The van der Waals surface area contributed by atoms with Crippen LogP contribution in [0.15, 0.2) is 51.4 Å². The van der Waals surface area contributed by atoms with Gasteiger partial charge in [-0.25, -0.2) is 4.98 Å². The number of carbonyl (C=O) groups is 1. The third-order valence-corrected chi connectivity index (χ3v) is 7.19. The first-order chi connectivity index (χ1) is 15.2. The van der Waals surface area contributed by atoms with Crippen LogP contribution in [0.4, 0.5) is 11.5 Å². The van der Waals surface area contributed by atoms with Gasteiger partial charge in [0.1, 0.15) is 10.6 Å². The van der Waals surface area contributed by atoms with Crippen molar-refractivity contribution in [2.24, 2.45) is 0 Å². The van der Waals surface area contributed by atoms with Gasteiger partial charge in [-0.15, -0.1) is 10.2 Å². The largest absolute Gasteiger partial charge is 0.451 e. The molecule has 9 heteroatoms. The summed E-state index contributed by atoms with van der Waals surface area (Å²) in [5, 5.41) is 13.1. The molecule has 1 saturated heterocycles. The number of rotatable bonds is 6. The van der Waals surface area contributed by atoms with E-state index in [1.807, 2.05) is 43.3 Å². The fraction of sp³-hybridized carbons (Fsp3) is 0.273. The summed E-state index contributed by atoms with van der Waals surface area (Å²) in [6.07, 6.45) is 4.04.